The number of guanidine groups is 1. The largest absolute Gasteiger partial charge is 0.444 e. The Hall–Kier alpha value is -1.59. The summed E-state index contributed by atoms with van der Waals surface area (Å²) in [6, 6.07) is 0.0723. The third kappa shape index (κ3) is 10.4. The van der Waals surface area contributed by atoms with E-state index >= 15 is 0 Å². The molecule has 1 atom stereocenters. The van der Waals surface area contributed by atoms with Crippen LogP contribution in [0.2, 0.25) is 0 Å². The molecule has 10 heteroatoms. The molecule has 0 saturated heterocycles. The Balaban J connectivity index is 0.00000512. The van der Waals surface area contributed by atoms with Gasteiger partial charge < -0.3 is 25.3 Å². The Bertz CT molecular complexity index is 716. The maximum absolute atomic E-state index is 12.0. The number of nitrogens with one attached hydrogen (secondary N) is 3. The second kappa shape index (κ2) is 14.5. The van der Waals surface area contributed by atoms with Gasteiger partial charge in [-0.2, -0.15) is 0 Å². The van der Waals surface area contributed by atoms with Gasteiger partial charge in [0.1, 0.15) is 17.2 Å². The Morgan fingerprint density at radius 3 is 2.69 bits per heavy atom. The Labute approximate surface area is 210 Å². The van der Waals surface area contributed by atoms with Crippen LogP contribution in [0.25, 0.3) is 0 Å². The number of fused-ring (bicyclic) bond motifs is 1. The van der Waals surface area contributed by atoms with Crippen molar-refractivity contribution in [3.05, 3.63) is 11.6 Å². The summed E-state index contributed by atoms with van der Waals surface area (Å²) in [5, 5.41) is 18.4. The van der Waals surface area contributed by atoms with E-state index in [1.807, 2.05) is 20.8 Å². The van der Waals surface area contributed by atoms with Gasteiger partial charge in [-0.05, 0) is 40.0 Å². The van der Waals surface area contributed by atoms with Crippen LogP contribution in [0.4, 0.5) is 4.79 Å². The Kier molecular flexibility index (Phi) is 12.9. The summed E-state index contributed by atoms with van der Waals surface area (Å²) in [6.45, 7) is 9.95. The van der Waals surface area contributed by atoms with Crippen molar-refractivity contribution in [3.63, 3.8) is 0 Å². The van der Waals surface area contributed by atoms with Crippen molar-refractivity contribution in [2.75, 3.05) is 20.1 Å². The molecule has 2 heterocycles. The number of carbonyl (C=O) groups is 1. The highest BCUT2D eigenvalue weighted by molar-refractivity contribution is 14.0. The van der Waals surface area contributed by atoms with E-state index in [1.54, 1.807) is 7.05 Å². The van der Waals surface area contributed by atoms with Crippen molar-refractivity contribution >= 4 is 36.0 Å². The maximum atomic E-state index is 12.0. The quantitative estimate of drug-likeness (QED) is 0.242. The first-order valence-electron chi connectivity index (χ1n) is 11.7. The zero-order valence-corrected chi connectivity index (χ0v) is 22.7. The van der Waals surface area contributed by atoms with Gasteiger partial charge in [-0.1, -0.05) is 26.2 Å². The van der Waals surface area contributed by atoms with Gasteiger partial charge in [0.15, 0.2) is 5.96 Å². The van der Waals surface area contributed by atoms with E-state index in [0.717, 1.165) is 62.8 Å². The maximum Gasteiger partial charge on any atom is 0.407 e. The highest BCUT2D eigenvalue weighted by atomic mass is 127. The highest BCUT2D eigenvalue weighted by Crippen LogP contribution is 2.14. The second-order valence-electron chi connectivity index (χ2n) is 9.11. The minimum absolute atomic E-state index is 0. The van der Waals surface area contributed by atoms with Gasteiger partial charge in [0.25, 0.3) is 0 Å². The lowest BCUT2D eigenvalue weighted by atomic mass is 10.1. The van der Waals surface area contributed by atoms with Gasteiger partial charge >= 0.3 is 6.09 Å². The van der Waals surface area contributed by atoms with Crippen LogP contribution in [0.3, 0.4) is 0 Å². The monoisotopic (exact) mass is 563 g/mol. The summed E-state index contributed by atoms with van der Waals surface area (Å²) in [5.41, 5.74) is -0.506. The van der Waals surface area contributed by atoms with Gasteiger partial charge in [-0.3, -0.25) is 4.99 Å². The normalized spacial score (nSPS) is 15.1. The lowest BCUT2D eigenvalue weighted by Gasteiger charge is -2.24. The molecule has 0 spiro atoms. The average Bonchev–Trinajstić information content (AvgIpc) is 2.93. The molecule has 32 heavy (non-hydrogen) atoms. The summed E-state index contributed by atoms with van der Waals surface area (Å²) in [6.07, 6.45) is 8.16. The number of aromatic nitrogens is 3. The van der Waals surface area contributed by atoms with Crippen molar-refractivity contribution in [2.24, 2.45) is 4.99 Å². The number of rotatable bonds is 9. The number of nitrogens with zero attached hydrogens (tertiary/aromatic N) is 4. The number of hydrogen-bond donors (Lipinski definition) is 3. The number of hydrogen-bond acceptors (Lipinski definition) is 5. The standard InChI is InChI=1S/C22H41N7O2.HI/c1-6-7-11-17(16-25-21(30)31-22(2,3)4)26-20(23-5)24-14-13-19-28-27-18-12-9-8-10-15-29(18)19;/h17H,6-16H2,1-5H3,(H,25,30)(H2,23,24,26);1H. The molecule has 1 unspecified atom stereocenters. The minimum atomic E-state index is -0.506. The van der Waals surface area contributed by atoms with Gasteiger partial charge in [0.05, 0.1) is 0 Å². The van der Waals surface area contributed by atoms with Crippen molar-refractivity contribution < 1.29 is 9.53 Å². The van der Waals surface area contributed by atoms with Crippen LogP contribution in [0.5, 0.6) is 0 Å². The SMILES string of the molecule is CCCCC(CNC(=O)OC(C)(C)C)NC(=NC)NCCc1nnc2n1CCCCC2.I. The summed E-state index contributed by atoms with van der Waals surface area (Å²) in [7, 11) is 1.76. The van der Waals surface area contributed by atoms with E-state index in [4.69, 9.17) is 4.74 Å². The molecule has 0 bridgehead atoms. The molecule has 3 N–H and O–H groups in total. The van der Waals surface area contributed by atoms with Crippen molar-refractivity contribution in [2.45, 2.75) is 97.2 Å². The smallest absolute Gasteiger partial charge is 0.407 e. The van der Waals surface area contributed by atoms with Crippen LogP contribution in [0, 0.1) is 0 Å². The summed E-state index contributed by atoms with van der Waals surface area (Å²) >= 11 is 0. The van der Waals surface area contributed by atoms with E-state index < -0.39 is 11.7 Å². The molecule has 9 nitrogen and oxygen atoms in total. The highest BCUT2D eigenvalue weighted by Gasteiger charge is 2.18. The van der Waals surface area contributed by atoms with Crippen LogP contribution < -0.4 is 16.0 Å². The number of aliphatic imine (C=N–C) groups is 1. The lowest BCUT2D eigenvalue weighted by molar-refractivity contribution is 0.0522. The molecule has 184 valence electrons. The second-order valence-corrected chi connectivity index (χ2v) is 9.11. The predicted octanol–water partition coefficient (Wildman–Crippen LogP) is 3.41. The van der Waals surface area contributed by atoms with E-state index in [2.05, 4.69) is 42.6 Å². The minimum Gasteiger partial charge on any atom is -0.444 e. The molecule has 0 aromatic carbocycles. The van der Waals surface area contributed by atoms with Crippen LogP contribution in [0.1, 0.15) is 77.9 Å². The average molecular weight is 564 g/mol. The lowest BCUT2D eigenvalue weighted by Crippen LogP contribution is -2.49. The van der Waals surface area contributed by atoms with E-state index in [1.165, 1.54) is 19.3 Å². The number of carbonyl (C=O) groups excluding carboxylic acids is 1. The number of amides is 1. The van der Waals surface area contributed by atoms with Crippen molar-refractivity contribution in [3.8, 4) is 0 Å². The molecular weight excluding hydrogens is 521 g/mol. The topological polar surface area (TPSA) is 105 Å². The number of halogens is 1. The first kappa shape index (κ1) is 28.4. The number of alkyl carbamates (subject to hydrolysis) is 1. The molecule has 1 aliphatic rings. The van der Waals surface area contributed by atoms with Gasteiger partial charge in [-0.15, -0.1) is 34.2 Å². The van der Waals surface area contributed by atoms with E-state index in [-0.39, 0.29) is 30.0 Å². The van der Waals surface area contributed by atoms with Gasteiger partial charge in [-0.25, -0.2) is 4.79 Å². The molecule has 0 radical (unpaired) electrons. The van der Waals surface area contributed by atoms with Crippen LogP contribution in [-0.4, -0.2) is 58.6 Å². The zero-order chi connectivity index (χ0) is 22.7. The Morgan fingerprint density at radius 1 is 1.22 bits per heavy atom. The number of ether oxygens (including phenoxy) is 1. The number of aryl methyl sites for hydroxylation is 1. The summed E-state index contributed by atoms with van der Waals surface area (Å²) < 4.78 is 7.62. The van der Waals surface area contributed by atoms with Gasteiger partial charge in [0, 0.05) is 45.6 Å². The molecular formula is C22H42IN7O2. The molecule has 1 aromatic rings. The summed E-state index contributed by atoms with van der Waals surface area (Å²) in [4.78, 5) is 16.4. The fourth-order valence-electron chi connectivity index (χ4n) is 3.61. The van der Waals surface area contributed by atoms with E-state index in [9.17, 15) is 4.79 Å². The molecule has 1 amide bonds. The first-order valence-corrected chi connectivity index (χ1v) is 11.7. The van der Waals surface area contributed by atoms with Crippen molar-refractivity contribution in [1.29, 1.82) is 0 Å². The fourth-order valence-corrected chi connectivity index (χ4v) is 3.61. The summed E-state index contributed by atoms with van der Waals surface area (Å²) in [5.74, 6) is 2.87. The predicted molar refractivity (Wildman–Crippen MR) is 139 cm³/mol. The zero-order valence-electron chi connectivity index (χ0n) is 20.4. The number of unbranched alkanes of at least 4 members (excludes halogenated alkanes) is 1. The van der Waals surface area contributed by atoms with Crippen molar-refractivity contribution in [1.82, 2.24) is 30.7 Å². The third-order valence-electron chi connectivity index (χ3n) is 5.19. The van der Waals surface area contributed by atoms with E-state index in [0.29, 0.717) is 6.54 Å². The molecule has 0 saturated carbocycles. The van der Waals surface area contributed by atoms with Gasteiger partial charge in [0.2, 0.25) is 0 Å². The third-order valence-corrected chi connectivity index (χ3v) is 5.19. The molecule has 2 rings (SSSR count). The molecule has 0 aliphatic carbocycles. The van der Waals surface area contributed by atoms with Crippen LogP contribution >= 0.6 is 24.0 Å². The Morgan fingerprint density at radius 2 is 2.00 bits per heavy atom. The van der Waals surface area contributed by atoms with Crippen LogP contribution in [0.15, 0.2) is 4.99 Å². The first-order chi connectivity index (χ1) is 14.8. The molecule has 0 fully saturated rings. The van der Waals surface area contributed by atoms with Crippen LogP contribution in [-0.2, 0) is 24.1 Å². The molecule has 1 aromatic heterocycles. The fraction of sp³-hybridized carbons (Fsp3) is 0.818. The molecule has 1 aliphatic heterocycles.